The minimum absolute atomic E-state index is 0. The summed E-state index contributed by atoms with van der Waals surface area (Å²) in [6.45, 7) is 4.25. The van der Waals surface area contributed by atoms with Crippen molar-refractivity contribution in [3.8, 4) is 0 Å². The zero-order valence-electron chi connectivity index (χ0n) is 11.0. The van der Waals surface area contributed by atoms with Crippen molar-refractivity contribution in [3.05, 3.63) is 29.3 Å². The first kappa shape index (κ1) is 16.9. The largest absolute Gasteiger partial charge is 0.383 e. The van der Waals surface area contributed by atoms with Crippen molar-refractivity contribution in [2.24, 2.45) is 5.73 Å². The van der Waals surface area contributed by atoms with Crippen LogP contribution in [-0.2, 0) is 16.0 Å². The van der Waals surface area contributed by atoms with E-state index < -0.39 is 6.04 Å². The maximum atomic E-state index is 11.8. The molecule has 0 aliphatic carbocycles. The molecule has 102 valence electrons. The Hall–Kier alpha value is -1.10. The molecule has 18 heavy (non-hydrogen) atoms. The normalized spacial score (nSPS) is 11.6. The fourth-order valence-electron chi connectivity index (χ4n) is 1.67. The molecule has 1 atom stereocenters. The Kier molecular flexibility index (Phi) is 7.59. The second kappa shape index (κ2) is 8.08. The molecular formula is C13H21ClN2O2. The molecular weight excluding hydrogens is 252 g/mol. The Morgan fingerprint density at radius 2 is 2.17 bits per heavy atom. The van der Waals surface area contributed by atoms with E-state index in [0.29, 0.717) is 0 Å². The number of rotatable bonds is 5. The van der Waals surface area contributed by atoms with Crippen LogP contribution in [-0.4, -0.2) is 25.7 Å². The Bertz CT molecular complexity index is 397. The summed E-state index contributed by atoms with van der Waals surface area (Å²) in [5.74, 6) is -0.212. The number of para-hydroxylation sites is 1. The van der Waals surface area contributed by atoms with Crippen LogP contribution in [0.4, 0.5) is 5.69 Å². The quantitative estimate of drug-likeness (QED) is 0.860. The van der Waals surface area contributed by atoms with Gasteiger partial charge < -0.3 is 15.8 Å². The maximum Gasteiger partial charge on any atom is 0.243 e. The van der Waals surface area contributed by atoms with E-state index in [1.807, 2.05) is 25.1 Å². The fraction of sp³-hybridized carbons (Fsp3) is 0.462. The number of carbonyl (C=O) groups is 1. The van der Waals surface area contributed by atoms with Crippen molar-refractivity contribution in [1.29, 1.82) is 0 Å². The van der Waals surface area contributed by atoms with Gasteiger partial charge in [-0.15, -0.1) is 12.4 Å². The highest BCUT2D eigenvalue weighted by atomic mass is 35.5. The first-order valence-electron chi connectivity index (χ1n) is 5.74. The lowest BCUT2D eigenvalue weighted by Gasteiger charge is -2.15. The summed E-state index contributed by atoms with van der Waals surface area (Å²) in [6.07, 6.45) is 0.872. The average molecular weight is 273 g/mol. The number of ether oxygens (including phenoxy) is 1. The Labute approximate surface area is 114 Å². The zero-order chi connectivity index (χ0) is 12.8. The third-order valence-corrected chi connectivity index (χ3v) is 2.67. The van der Waals surface area contributed by atoms with Crippen molar-refractivity contribution in [3.63, 3.8) is 0 Å². The van der Waals surface area contributed by atoms with Crippen molar-refractivity contribution in [1.82, 2.24) is 0 Å². The molecule has 0 saturated heterocycles. The van der Waals surface area contributed by atoms with Crippen molar-refractivity contribution >= 4 is 24.0 Å². The SMILES string of the molecule is CCc1cccc(C)c1NC(=O)C(N)COC.Cl. The number of carbonyl (C=O) groups excluding carboxylic acids is 1. The van der Waals surface area contributed by atoms with Crippen molar-refractivity contribution in [2.45, 2.75) is 26.3 Å². The van der Waals surface area contributed by atoms with Gasteiger partial charge in [0.25, 0.3) is 0 Å². The highest BCUT2D eigenvalue weighted by Crippen LogP contribution is 2.21. The van der Waals surface area contributed by atoms with E-state index in [1.165, 1.54) is 7.11 Å². The summed E-state index contributed by atoms with van der Waals surface area (Å²) in [5, 5.41) is 2.87. The second-order valence-corrected chi connectivity index (χ2v) is 4.01. The predicted octanol–water partition coefficient (Wildman–Crippen LogP) is 1.89. The molecule has 1 aromatic rings. The number of hydrogen-bond acceptors (Lipinski definition) is 3. The first-order chi connectivity index (χ1) is 8.10. The van der Waals surface area contributed by atoms with Gasteiger partial charge in [-0.25, -0.2) is 0 Å². The lowest BCUT2D eigenvalue weighted by molar-refractivity contribution is -0.118. The van der Waals surface area contributed by atoms with Gasteiger partial charge in [0.2, 0.25) is 5.91 Å². The average Bonchev–Trinajstić information content (AvgIpc) is 2.31. The van der Waals surface area contributed by atoms with E-state index in [2.05, 4.69) is 12.2 Å². The van der Waals surface area contributed by atoms with E-state index in [0.717, 1.165) is 23.2 Å². The fourth-order valence-corrected chi connectivity index (χ4v) is 1.67. The van der Waals surface area contributed by atoms with Gasteiger partial charge in [-0.2, -0.15) is 0 Å². The molecule has 0 aliphatic rings. The lowest BCUT2D eigenvalue weighted by atomic mass is 10.1. The van der Waals surface area contributed by atoms with E-state index in [1.54, 1.807) is 0 Å². The molecule has 1 aromatic carbocycles. The molecule has 1 rings (SSSR count). The number of methoxy groups -OCH3 is 1. The highest BCUT2D eigenvalue weighted by molar-refractivity contribution is 5.96. The summed E-state index contributed by atoms with van der Waals surface area (Å²) in [4.78, 5) is 11.8. The third-order valence-electron chi connectivity index (χ3n) is 2.67. The van der Waals surface area contributed by atoms with Gasteiger partial charge in [0.05, 0.1) is 6.61 Å². The molecule has 0 fully saturated rings. The number of amides is 1. The Morgan fingerprint density at radius 3 is 2.72 bits per heavy atom. The van der Waals surface area contributed by atoms with Gasteiger partial charge in [0, 0.05) is 12.8 Å². The molecule has 4 nitrogen and oxygen atoms in total. The second-order valence-electron chi connectivity index (χ2n) is 4.01. The van der Waals surface area contributed by atoms with Crippen LogP contribution in [0.2, 0.25) is 0 Å². The van der Waals surface area contributed by atoms with Crippen LogP contribution in [0, 0.1) is 6.92 Å². The summed E-state index contributed by atoms with van der Waals surface area (Å²) < 4.78 is 4.86. The zero-order valence-corrected chi connectivity index (χ0v) is 11.8. The topological polar surface area (TPSA) is 64.4 Å². The summed E-state index contributed by atoms with van der Waals surface area (Å²) >= 11 is 0. The number of hydrogen-bond donors (Lipinski definition) is 2. The van der Waals surface area contributed by atoms with Crippen LogP contribution < -0.4 is 11.1 Å². The van der Waals surface area contributed by atoms with Gasteiger partial charge in [-0.1, -0.05) is 25.1 Å². The molecule has 3 N–H and O–H groups in total. The van der Waals surface area contributed by atoms with E-state index in [4.69, 9.17) is 10.5 Å². The van der Waals surface area contributed by atoms with Gasteiger partial charge in [0.1, 0.15) is 6.04 Å². The lowest BCUT2D eigenvalue weighted by Crippen LogP contribution is -2.39. The Morgan fingerprint density at radius 1 is 1.50 bits per heavy atom. The van der Waals surface area contributed by atoms with Crippen LogP contribution in [0.1, 0.15) is 18.1 Å². The molecule has 0 saturated carbocycles. The van der Waals surface area contributed by atoms with E-state index in [-0.39, 0.29) is 24.9 Å². The van der Waals surface area contributed by atoms with E-state index in [9.17, 15) is 4.79 Å². The van der Waals surface area contributed by atoms with Crippen LogP contribution in [0.3, 0.4) is 0 Å². The molecule has 0 heterocycles. The molecule has 0 aliphatic heterocycles. The number of nitrogens with one attached hydrogen (secondary N) is 1. The monoisotopic (exact) mass is 272 g/mol. The molecule has 5 heteroatoms. The number of anilines is 1. The van der Waals surface area contributed by atoms with Gasteiger partial charge >= 0.3 is 0 Å². The van der Waals surface area contributed by atoms with Crippen molar-refractivity contribution < 1.29 is 9.53 Å². The van der Waals surface area contributed by atoms with Crippen LogP contribution >= 0.6 is 12.4 Å². The smallest absolute Gasteiger partial charge is 0.243 e. The molecule has 1 amide bonds. The van der Waals surface area contributed by atoms with Gasteiger partial charge in [-0.05, 0) is 24.5 Å². The number of benzene rings is 1. The van der Waals surface area contributed by atoms with Crippen LogP contribution in [0.25, 0.3) is 0 Å². The Balaban J connectivity index is 0.00000289. The minimum atomic E-state index is -0.635. The van der Waals surface area contributed by atoms with Crippen LogP contribution in [0.5, 0.6) is 0 Å². The van der Waals surface area contributed by atoms with Gasteiger partial charge in [0.15, 0.2) is 0 Å². The first-order valence-corrected chi connectivity index (χ1v) is 5.74. The predicted molar refractivity (Wildman–Crippen MR) is 76.3 cm³/mol. The van der Waals surface area contributed by atoms with Crippen molar-refractivity contribution in [2.75, 3.05) is 19.0 Å². The molecule has 1 unspecified atom stereocenters. The summed E-state index contributed by atoms with van der Waals surface area (Å²) in [7, 11) is 1.53. The van der Waals surface area contributed by atoms with Crippen LogP contribution in [0.15, 0.2) is 18.2 Å². The molecule has 0 radical (unpaired) electrons. The molecule has 0 bridgehead atoms. The minimum Gasteiger partial charge on any atom is -0.383 e. The number of halogens is 1. The summed E-state index contributed by atoms with van der Waals surface area (Å²) in [5.41, 5.74) is 8.70. The highest BCUT2D eigenvalue weighted by Gasteiger charge is 2.15. The molecule has 0 spiro atoms. The number of aryl methyl sites for hydroxylation is 2. The third kappa shape index (κ3) is 4.29. The number of nitrogens with two attached hydrogens (primary N) is 1. The van der Waals surface area contributed by atoms with Gasteiger partial charge in [-0.3, -0.25) is 4.79 Å². The van der Waals surface area contributed by atoms with E-state index >= 15 is 0 Å². The summed E-state index contributed by atoms with van der Waals surface area (Å²) in [6, 6.07) is 5.32. The standard InChI is InChI=1S/C13H20N2O2.ClH/c1-4-10-7-5-6-9(2)12(10)15-13(16)11(14)8-17-3;/h5-7,11H,4,8,14H2,1-3H3,(H,15,16);1H. The molecule has 0 aromatic heterocycles. The maximum absolute atomic E-state index is 11.8.